The maximum absolute atomic E-state index is 13.2. The molecular weight excluding hydrogens is 501 g/mol. The molecule has 0 atom stereocenters. The number of hydrogen-bond donors (Lipinski definition) is 3. The average Bonchev–Trinajstić information content (AvgIpc) is 3.30. The molecule has 0 saturated carbocycles. The van der Waals surface area contributed by atoms with Gasteiger partial charge < -0.3 is 29.9 Å². The van der Waals surface area contributed by atoms with Crippen LogP contribution in [-0.4, -0.2) is 58.2 Å². The Labute approximate surface area is 215 Å². The van der Waals surface area contributed by atoms with Gasteiger partial charge in [-0.05, 0) is 48.0 Å². The third kappa shape index (κ3) is 5.87. The van der Waals surface area contributed by atoms with Gasteiger partial charge in [-0.2, -0.15) is 13.2 Å². The third-order valence-electron chi connectivity index (χ3n) is 6.05. The zero-order chi connectivity index (χ0) is 26.7. The van der Waals surface area contributed by atoms with Gasteiger partial charge in [-0.25, -0.2) is 14.8 Å². The molecular formula is C26H25F3N6O3. The minimum atomic E-state index is -4.40. The van der Waals surface area contributed by atoms with Gasteiger partial charge in [-0.15, -0.1) is 0 Å². The fourth-order valence-electron chi connectivity index (χ4n) is 4.20. The molecule has 0 bridgehead atoms. The third-order valence-corrected chi connectivity index (χ3v) is 6.05. The number of aromatic nitrogens is 3. The van der Waals surface area contributed by atoms with Gasteiger partial charge in [-0.1, -0.05) is 12.1 Å². The largest absolute Gasteiger partial charge is 0.406 e. The van der Waals surface area contributed by atoms with E-state index >= 15 is 0 Å². The van der Waals surface area contributed by atoms with Crippen LogP contribution in [0, 0.1) is 0 Å². The number of ether oxygens (including phenoxy) is 1. The molecule has 3 N–H and O–H groups in total. The lowest BCUT2D eigenvalue weighted by Gasteiger charge is -2.28. The van der Waals surface area contributed by atoms with Crippen molar-refractivity contribution >= 4 is 34.3 Å². The number of rotatable bonds is 6. The van der Waals surface area contributed by atoms with Crippen molar-refractivity contribution in [2.24, 2.45) is 0 Å². The number of fused-ring (bicyclic) bond motifs is 1. The maximum atomic E-state index is 13.2. The fourth-order valence-corrected chi connectivity index (χ4v) is 4.20. The summed E-state index contributed by atoms with van der Waals surface area (Å²) in [5.41, 5.74) is 2.59. The summed E-state index contributed by atoms with van der Waals surface area (Å²) in [6.07, 6.45) is -3.02. The van der Waals surface area contributed by atoms with Crippen LogP contribution in [0.1, 0.15) is 5.56 Å². The lowest BCUT2D eigenvalue weighted by atomic mass is 10.2. The number of anilines is 3. The SMILES string of the molecule is O=C(Nc1ccc(CO)cc1)Nc1ccc(-c2nc(N3CCOCC3)c3ccn(CC(F)(F)F)c3n2)cc1. The number of nitrogens with one attached hydrogen (secondary N) is 2. The minimum absolute atomic E-state index is 0.0857. The van der Waals surface area contributed by atoms with E-state index in [4.69, 9.17) is 14.8 Å². The molecule has 1 aliphatic rings. The Morgan fingerprint density at radius 2 is 1.58 bits per heavy atom. The van der Waals surface area contributed by atoms with Crippen molar-refractivity contribution in [3.05, 3.63) is 66.4 Å². The van der Waals surface area contributed by atoms with Crippen molar-refractivity contribution in [1.82, 2.24) is 14.5 Å². The number of morpholine rings is 1. The number of halogens is 3. The Kier molecular flexibility index (Phi) is 7.16. The lowest BCUT2D eigenvalue weighted by Crippen LogP contribution is -2.37. The standard InChI is InChI=1S/C26H25F3N6O3/c27-26(28,29)16-35-10-9-21-23(34-11-13-38-14-12-34)32-22(33-24(21)35)18-3-7-20(8-4-18)31-25(37)30-19-5-1-17(15-36)2-6-19/h1-10,36H,11-16H2,(H2,30,31,37). The van der Waals surface area contributed by atoms with E-state index in [1.807, 2.05) is 4.90 Å². The molecule has 2 aromatic heterocycles. The first kappa shape index (κ1) is 25.5. The zero-order valence-electron chi connectivity index (χ0n) is 20.2. The van der Waals surface area contributed by atoms with E-state index in [0.717, 1.165) is 10.1 Å². The summed E-state index contributed by atoms with van der Waals surface area (Å²) in [4.78, 5) is 23.6. The predicted octanol–water partition coefficient (Wildman–Crippen LogP) is 4.63. The van der Waals surface area contributed by atoms with Crippen LogP contribution < -0.4 is 15.5 Å². The van der Waals surface area contributed by atoms with Gasteiger partial charge in [0.2, 0.25) is 0 Å². The fraction of sp³-hybridized carbons (Fsp3) is 0.269. The Hall–Kier alpha value is -4.16. The Bertz CT molecular complexity index is 1420. The number of carbonyl (C=O) groups is 1. The molecule has 1 saturated heterocycles. The van der Waals surface area contributed by atoms with E-state index in [-0.39, 0.29) is 18.1 Å². The highest BCUT2D eigenvalue weighted by Crippen LogP contribution is 2.31. The van der Waals surface area contributed by atoms with Gasteiger partial charge >= 0.3 is 12.2 Å². The Morgan fingerprint density at radius 3 is 2.18 bits per heavy atom. The molecule has 2 aromatic carbocycles. The number of aliphatic hydroxyl groups is 1. The van der Waals surface area contributed by atoms with E-state index in [2.05, 4.69) is 15.6 Å². The maximum Gasteiger partial charge on any atom is 0.406 e. The number of hydrogen-bond acceptors (Lipinski definition) is 6. The molecule has 38 heavy (non-hydrogen) atoms. The van der Waals surface area contributed by atoms with Crippen molar-refractivity contribution in [2.75, 3.05) is 41.8 Å². The molecule has 198 valence electrons. The molecule has 0 aliphatic carbocycles. The number of alkyl halides is 3. The minimum Gasteiger partial charge on any atom is -0.392 e. The molecule has 12 heteroatoms. The number of benzene rings is 2. The number of urea groups is 1. The van der Waals surface area contributed by atoms with Crippen LogP contribution in [0.3, 0.4) is 0 Å². The van der Waals surface area contributed by atoms with Crippen molar-refractivity contribution in [2.45, 2.75) is 19.3 Å². The number of nitrogens with zero attached hydrogens (tertiary/aromatic N) is 4. The normalized spacial score (nSPS) is 14.1. The second kappa shape index (κ2) is 10.7. The second-order valence-corrected chi connectivity index (χ2v) is 8.78. The summed E-state index contributed by atoms with van der Waals surface area (Å²) >= 11 is 0. The summed E-state index contributed by atoms with van der Waals surface area (Å²) in [6.45, 7) is 0.886. The van der Waals surface area contributed by atoms with Gasteiger partial charge in [-0.3, -0.25) is 0 Å². The van der Waals surface area contributed by atoms with Crippen LogP contribution in [0.25, 0.3) is 22.4 Å². The number of amides is 2. The topological polar surface area (TPSA) is 105 Å². The first-order valence-electron chi connectivity index (χ1n) is 11.9. The summed E-state index contributed by atoms with van der Waals surface area (Å²) < 4.78 is 46.1. The summed E-state index contributed by atoms with van der Waals surface area (Å²) in [5, 5.41) is 15.1. The van der Waals surface area contributed by atoms with E-state index in [9.17, 15) is 18.0 Å². The lowest BCUT2D eigenvalue weighted by molar-refractivity contribution is -0.139. The van der Waals surface area contributed by atoms with E-state index in [1.54, 1.807) is 54.6 Å². The van der Waals surface area contributed by atoms with Crippen LogP contribution >= 0.6 is 0 Å². The molecule has 0 spiro atoms. The molecule has 1 fully saturated rings. The molecule has 3 heterocycles. The van der Waals surface area contributed by atoms with Crippen LogP contribution in [0.4, 0.5) is 35.2 Å². The van der Waals surface area contributed by atoms with Crippen LogP contribution in [-0.2, 0) is 17.9 Å². The van der Waals surface area contributed by atoms with Gasteiger partial charge in [0, 0.05) is 36.2 Å². The molecule has 5 rings (SSSR count). The Balaban J connectivity index is 1.39. The quantitative estimate of drug-likeness (QED) is 0.338. The van der Waals surface area contributed by atoms with Crippen LogP contribution in [0.5, 0.6) is 0 Å². The molecule has 4 aromatic rings. The van der Waals surface area contributed by atoms with Crippen LogP contribution in [0.2, 0.25) is 0 Å². The monoisotopic (exact) mass is 526 g/mol. The Morgan fingerprint density at radius 1 is 0.947 bits per heavy atom. The highest BCUT2D eigenvalue weighted by molar-refractivity contribution is 5.99. The molecule has 2 amide bonds. The highest BCUT2D eigenvalue weighted by Gasteiger charge is 2.29. The van der Waals surface area contributed by atoms with Gasteiger partial charge in [0.1, 0.15) is 18.0 Å². The molecule has 0 radical (unpaired) electrons. The van der Waals surface area contributed by atoms with Crippen molar-refractivity contribution in [1.29, 1.82) is 0 Å². The number of carbonyl (C=O) groups excluding carboxylic acids is 1. The predicted molar refractivity (Wildman–Crippen MR) is 137 cm³/mol. The van der Waals surface area contributed by atoms with Crippen LogP contribution in [0.15, 0.2) is 60.8 Å². The molecule has 1 aliphatic heterocycles. The highest BCUT2D eigenvalue weighted by atomic mass is 19.4. The van der Waals surface area contributed by atoms with Gasteiger partial charge in [0.25, 0.3) is 0 Å². The summed E-state index contributed by atoms with van der Waals surface area (Å²) in [5.74, 6) is 0.837. The van der Waals surface area contributed by atoms with Crippen molar-refractivity contribution in [3.8, 4) is 11.4 Å². The van der Waals surface area contributed by atoms with Crippen molar-refractivity contribution in [3.63, 3.8) is 0 Å². The van der Waals surface area contributed by atoms with Crippen molar-refractivity contribution < 1.29 is 27.8 Å². The van der Waals surface area contributed by atoms with Gasteiger partial charge in [0.15, 0.2) is 5.82 Å². The van der Waals surface area contributed by atoms with Gasteiger partial charge in [0.05, 0.1) is 25.2 Å². The summed E-state index contributed by atoms with van der Waals surface area (Å²) in [6, 6.07) is 14.7. The smallest absolute Gasteiger partial charge is 0.392 e. The first-order valence-corrected chi connectivity index (χ1v) is 11.9. The zero-order valence-corrected chi connectivity index (χ0v) is 20.2. The van der Waals surface area contributed by atoms with E-state index in [0.29, 0.717) is 54.4 Å². The summed E-state index contributed by atoms with van der Waals surface area (Å²) in [7, 11) is 0. The number of aliphatic hydroxyl groups excluding tert-OH is 1. The van der Waals surface area contributed by atoms with E-state index < -0.39 is 18.8 Å². The first-order chi connectivity index (χ1) is 18.3. The average molecular weight is 527 g/mol. The molecule has 0 unspecified atom stereocenters. The molecule has 9 nitrogen and oxygen atoms in total. The van der Waals surface area contributed by atoms with E-state index in [1.165, 1.54) is 6.20 Å². The second-order valence-electron chi connectivity index (χ2n) is 8.78.